The van der Waals surface area contributed by atoms with Crippen LogP contribution in [0.25, 0.3) is 0 Å². The molecule has 6 heteroatoms. The summed E-state index contributed by atoms with van der Waals surface area (Å²) in [6.07, 6.45) is 1.55. The minimum Gasteiger partial charge on any atom is -0.321 e. The largest absolute Gasteiger partial charge is 0.321 e. The third-order valence-corrected chi connectivity index (χ3v) is 3.00. The van der Waals surface area contributed by atoms with Gasteiger partial charge in [-0.2, -0.15) is 0 Å². The smallest absolute Gasteiger partial charge is 0.274 e. The number of hydrogen-bond acceptors (Lipinski definition) is 2. The van der Waals surface area contributed by atoms with E-state index in [4.69, 9.17) is 23.2 Å². The van der Waals surface area contributed by atoms with E-state index in [0.717, 1.165) is 4.47 Å². The first-order chi connectivity index (χ1) is 8.54. The second-order valence-corrected chi connectivity index (χ2v) is 5.26. The fourth-order valence-electron chi connectivity index (χ4n) is 1.35. The molecule has 3 nitrogen and oxygen atoms in total. The molecule has 0 unspecified atom stereocenters. The summed E-state index contributed by atoms with van der Waals surface area (Å²) in [5.41, 5.74) is 0.833. The number of amides is 1. The third-order valence-electron chi connectivity index (χ3n) is 2.08. The highest BCUT2D eigenvalue weighted by Gasteiger charge is 2.08. The molecule has 1 aromatic carbocycles. The fourth-order valence-corrected chi connectivity index (χ4v) is 2.21. The van der Waals surface area contributed by atoms with E-state index in [1.165, 1.54) is 0 Å². The van der Waals surface area contributed by atoms with Gasteiger partial charge in [0.25, 0.3) is 5.91 Å². The van der Waals surface area contributed by atoms with Crippen molar-refractivity contribution < 1.29 is 4.79 Å². The molecule has 0 spiro atoms. The van der Waals surface area contributed by atoms with Crippen LogP contribution in [0.5, 0.6) is 0 Å². The van der Waals surface area contributed by atoms with Crippen molar-refractivity contribution in [1.82, 2.24) is 4.98 Å². The van der Waals surface area contributed by atoms with E-state index in [-0.39, 0.29) is 5.91 Å². The number of carbonyl (C=O) groups excluding carboxylic acids is 1. The molecule has 0 aliphatic rings. The van der Waals surface area contributed by atoms with E-state index in [9.17, 15) is 4.79 Å². The van der Waals surface area contributed by atoms with Crippen LogP contribution >= 0.6 is 39.1 Å². The lowest BCUT2D eigenvalue weighted by Gasteiger charge is -2.06. The molecular weight excluding hydrogens is 339 g/mol. The molecule has 0 radical (unpaired) electrons. The summed E-state index contributed by atoms with van der Waals surface area (Å²) in [5, 5.41) is 3.59. The Labute approximate surface area is 122 Å². The number of hydrogen-bond donors (Lipinski definition) is 1. The lowest BCUT2D eigenvalue weighted by molar-refractivity contribution is 0.102. The Morgan fingerprint density at radius 2 is 1.83 bits per heavy atom. The summed E-state index contributed by atoms with van der Waals surface area (Å²) >= 11 is 15.0. The first-order valence-corrected chi connectivity index (χ1v) is 6.48. The molecule has 2 rings (SSSR count). The van der Waals surface area contributed by atoms with Crippen molar-refractivity contribution in [3.05, 3.63) is 56.7 Å². The highest BCUT2D eigenvalue weighted by Crippen LogP contribution is 2.22. The van der Waals surface area contributed by atoms with Crippen LogP contribution in [0.3, 0.4) is 0 Å². The normalized spacial score (nSPS) is 10.2. The molecule has 0 saturated carbocycles. The van der Waals surface area contributed by atoms with Crippen molar-refractivity contribution in [2.45, 2.75) is 0 Å². The molecule has 0 fully saturated rings. The number of nitrogens with one attached hydrogen (secondary N) is 1. The molecule has 0 bridgehead atoms. The lowest BCUT2D eigenvalue weighted by atomic mass is 10.3. The predicted molar refractivity (Wildman–Crippen MR) is 76.4 cm³/mol. The summed E-state index contributed by atoms with van der Waals surface area (Å²) in [6.45, 7) is 0. The maximum absolute atomic E-state index is 11.9. The number of anilines is 1. The first-order valence-electron chi connectivity index (χ1n) is 4.93. The van der Waals surface area contributed by atoms with Gasteiger partial charge >= 0.3 is 0 Å². The van der Waals surface area contributed by atoms with Crippen LogP contribution in [0.1, 0.15) is 10.5 Å². The van der Waals surface area contributed by atoms with Crippen LogP contribution in [0.4, 0.5) is 5.69 Å². The van der Waals surface area contributed by atoms with Gasteiger partial charge in [0, 0.05) is 26.4 Å². The van der Waals surface area contributed by atoms with Crippen molar-refractivity contribution in [3.63, 3.8) is 0 Å². The quantitative estimate of drug-likeness (QED) is 0.876. The van der Waals surface area contributed by atoms with Gasteiger partial charge in [0.15, 0.2) is 0 Å². The zero-order valence-electron chi connectivity index (χ0n) is 8.95. The predicted octanol–water partition coefficient (Wildman–Crippen LogP) is 4.40. The number of rotatable bonds is 2. The zero-order chi connectivity index (χ0) is 13.1. The lowest BCUT2D eigenvalue weighted by Crippen LogP contribution is -2.13. The van der Waals surface area contributed by atoms with E-state index in [0.29, 0.717) is 21.4 Å². The summed E-state index contributed by atoms with van der Waals surface area (Å²) in [4.78, 5) is 15.9. The monoisotopic (exact) mass is 344 g/mol. The maximum atomic E-state index is 11.9. The van der Waals surface area contributed by atoms with Crippen molar-refractivity contribution in [3.8, 4) is 0 Å². The van der Waals surface area contributed by atoms with Gasteiger partial charge in [-0.1, -0.05) is 39.1 Å². The van der Waals surface area contributed by atoms with Crippen LogP contribution < -0.4 is 5.32 Å². The van der Waals surface area contributed by atoms with Gasteiger partial charge in [-0.25, -0.2) is 0 Å². The molecular formula is C12H7BrCl2N2O. The standard InChI is InChI=1S/C12H7BrCl2N2O/c13-7-1-2-16-11(3-7)12(18)17-10-5-8(14)4-9(15)6-10/h1-6H,(H,17,18). The van der Waals surface area contributed by atoms with Crippen molar-refractivity contribution in [1.29, 1.82) is 0 Å². The van der Waals surface area contributed by atoms with Crippen molar-refractivity contribution >= 4 is 50.7 Å². The third kappa shape index (κ3) is 3.45. The Balaban J connectivity index is 2.21. The number of nitrogens with zero attached hydrogens (tertiary/aromatic N) is 1. The van der Waals surface area contributed by atoms with Crippen LogP contribution in [0.2, 0.25) is 10.0 Å². The van der Waals surface area contributed by atoms with Gasteiger partial charge in [-0.3, -0.25) is 9.78 Å². The highest BCUT2D eigenvalue weighted by molar-refractivity contribution is 9.10. The first kappa shape index (κ1) is 13.3. The molecule has 1 aromatic heterocycles. The van der Waals surface area contributed by atoms with Gasteiger partial charge in [0.1, 0.15) is 5.69 Å². The Morgan fingerprint density at radius 1 is 1.17 bits per heavy atom. The van der Waals surface area contributed by atoms with E-state index in [1.807, 2.05) is 0 Å². The number of aromatic nitrogens is 1. The molecule has 0 saturated heterocycles. The second kappa shape index (κ2) is 5.69. The Hall–Kier alpha value is -1.10. The average molecular weight is 346 g/mol. The number of pyridine rings is 1. The molecule has 1 N–H and O–H groups in total. The Bertz CT molecular complexity index is 584. The van der Waals surface area contributed by atoms with E-state index in [1.54, 1.807) is 36.5 Å². The van der Waals surface area contributed by atoms with Gasteiger partial charge in [0.05, 0.1) is 0 Å². The summed E-state index contributed by atoms with van der Waals surface area (Å²) in [7, 11) is 0. The van der Waals surface area contributed by atoms with Crippen molar-refractivity contribution in [2.75, 3.05) is 5.32 Å². The van der Waals surface area contributed by atoms with Gasteiger partial charge in [0.2, 0.25) is 0 Å². The summed E-state index contributed by atoms with van der Waals surface area (Å²) in [5.74, 6) is -0.324. The molecule has 2 aromatic rings. The number of halogens is 3. The SMILES string of the molecule is O=C(Nc1cc(Cl)cc(Cl)c1)c1cc(Br)ccn1. The molecule has 0 aliphatic carbocycles. The van der Waals surface area contributed by atoms with Crippen LogP contribution in [0, 0.1) is 0 Å². The van der Waals surface area contributed by atoms with Gasteiger partial charge < -0.3 is 5.32 Å². The maximum Gasteiger partial charge on any atom is 0.274 e. The average Bonchev–Trinajstić information content (AvgIpc) is 2.27. The minimum atomic E-state index is -0.324. The molecule has 0 aliphatic heterocycles. The van der Waals surface area contributed by atoms with E-state index < -0.39 is 0 Å². The minimum absolute atomic E-state index is 0.306. The topological polar surface area (TPSA) is 42.0 Å². The molecule has 18 heavy (non-hydrogen) atoms. The van der Waals surface area contributed by atoms with Crippen LogP contribution in [0.15, 0.2) is 41.0 Å². The fraction of sp³-hybridized carbons (Fsp3) is 0. The summed E-state index contributed by atoms with van der Waals surface area (Å²) in [6, 6.07) is 8.19. The van der Waals surface area contributed by atoms with Crippen molar-refractivity contribution in [2.24, 2.45) is 0 Å². The van der Waals surface area contributed by atoms with Gasteiger partial charge in [-0.15, -0.1) is 0 Å². The van der Waals surface area contributed by atoms with E-state index in [2.05, 4.69) is 26.2 Å². The van der Waals surface area contributed by atoms with E-state index >= 15 is 0 Å². The van der Waals surface area contributed by atoms with Crippen LogP contribution in [-0.4, -0.2) is 10.9 Å². The number of carbonyl (C=O) groups is 1. The van der Waals surface area contributed by atoms with Gasteiger partial charge in [-0.05, 0) is 30.3 Å². The molecule has 92 valence electrons. The Morgan fingerprint density at radius 3 is 2.44 bits per heavy atom. The zero-order valence-corrected chi connectivity index (χ0v) is 12.1. The van der Waals surface area contributed by atoms with Crippen LogP contribution in [-0.2, 0) is 0 Å². The molecule has 0 atom stereocenters. The Kier molecular flexibility index (Phi) is 4.22. The second-order valence-electron chi connectivity index (χ2n) is 3.47. The summed E-state index contributed by atoms with van der Waals surface area (Å²) < 4.78 is 0.784. The molecule has 1 heterocycles. The molecule has 1 amide bonds. The highest BCUT2D eigenvalue weighted by atomic mass is 79.9. The number of benzene rings is 1.